The van der Waals surface area contributed by atoms with Crippen LogP contribution in [0.15, 0.2) is 33.7 Å². The van der Waals surface area contributed by atoms with Gasteiger partial charge in [0, 0.05) is 19.2 Å². The highest BCUT2D eigenvalue weighted by Gasteiger charge is 2.14. The van der Waals surface area contributed by atoms with E-state index in [1.807, 2.05) is 58.9 Å². The van der Waals surface area contributed by atoms with Crippen molar-refractivity contribution >= 4 is 5.96 Å². The number of aromatic nitrogens is 1. The second-order valence-electron chi connectivity index (χ2n) is 6.85. The number of aliphatic imine (C=N–C) groups is 1. The number of para-hydroxylation sites is 1. The number of ether oxygens (including phenoxy) is 1. The molecule has 0 aliphatic heterocycles. The van der Waals surface area contributed by atoms with Crippen LogP contribution < -0.4 is 15.4 Å². The minimum atomic E-state index is -0.239. The molecule has 0 bridgehead atoms. The SMILES string of the molecule is CN=C(NCc1nc(C)c(C)o1)NCc1ccccc1OC(C)(C)C. The van der Waals surface area contributed by atoms with Crippen molar-refractivity contribution in [3.63, 3.8) is 0 Å². The molecule has 136 valence electrons. The summed E-state index contributed by atoms with van der Waals surface area (Å²) in [6.45, 7) is 11.0. The van der Waals surface area contributed by atoms with Crippen molar-refractivity contribution in [1.82, 2.24) is 15.6 Å². The lowest BCUT2D eigenvalue weighted by atomic mass is 10.1. The zero-order valence-electron chi connectivity index (χ0n) is 15.9. The quantitative estimate of drug-likeness (QED) is 0.643. The van der Waals surface area contributed by atoms with Gasteiger partial charge in [0.1, 0.15) is 17.1 Å². The summed E-state index contributed by atoms with van der Waals surface area (Å²) in [5.41, 5.74) is 1.74. The van der Waals surface area contributed by atoms with Gasteiger partial charge in [0.05, 0.1) is 12.2 Å². The van der Waals surface area contributed by atoms with E-state index in [4.69, 9.17) is 9.15 Å². The van der Waals surface area contributed by atoms with Gasteiger partial charge in [0.2, 0.25) is 5.89 Å². The van der Waals surface area contributed by atoms with Crippen LogP contribution in [0.2, 0.25) is 0 Å². The Bertz CT molecular complexity index is 710. The third-order valence-corrected chi connectivity index (χ3v) is 3.54. The second-order valence-corrected chi connectivity index (χ2v) is 6.85. The van der Waals surface area contributed by atoms with Crippen molar-refractivity contribution in [3.8, 4) is 5.75 Å². The lowest BCUT2D eigenvalue weighted by Crippen LogP contribution is -2.36. The van der Waals surface area contributed by atoms with E-state index in [9.17, 15) is 0 Å². The van der Waals surface area contributed by atoms with Gasteiger partial charge in [0.15, 0.2) is 5.96 Å². The van der Waals surface area contributed by atoms with Gasteiger partial charge >= 0.3 is 0 Å². The summed E-state index contributed by atoms with van der Waals surface area (Å²) in [6, 6.07) is 8.00. The average molecular weight is 344 g/mol. The summed E-state index contributed by atoms with van der Waals surface area (Å²) in [7, 11) is 1.74. The van der Waals surface area contributed by atoms with Crippen LogP contribution in [0.25, 0.3) is 0 Å². The molecule has 0 amide bonds. The third kappa shape index (κ3) is 5.81. The van der Waals surface area contributed by atoms with Gasteiger partial charge in [-0.25, -0.2) is 4.98 Å². The predicted octanol–water partition coefficient (Wildman–Crippen LogP) is 3.33. The van der Waals surface area contributed by atoms with E-state index < -0.39 is 0 Å². The fourth-order valence-corrected chi connectivity index (χ4v) is 2.25. The van der Waals surface area contributed by atoms with Gasteiger partial charge in [-0.3, -0.25) is 4.99 Å². The van der Waals surface area contributed by atoms with Crippen molar-refractivity contribution < 1.29 is 9.15 Å². The summed E-state index contributed by atoms with van der Waals surface area (Å²) in [6.07, 6.45) is 0. The van der Waals surface area contributed by atoms with Gasteiger partial charge in [0.25, 0.3) is 0 Å². The number of nitrogens with zero attached hydrogens (tertiary/aromatic N) is 2. The molecule has 6 heteroatoms. The average Bonchev–Trinajstić information content (AvgIpc) is 2.86. The molecule has 25 heavy (non-hydrogen) atoms. The Morgan fingerprint density at radius 2 is 1.84 bits per heavy atom. The first-order valence-electron chi connectivity index (χ1n) is 8.43. The number of benzene rings is 1. The van der Waals surface area contributed by atoms with Crippen LogP contribution in [0, 0.1) is 13.8 Å². The highest BCUT2D eigenvalue weighted by atomic mass is 16.5. The van der Waals surface area contributed by atoms with Gasteiger partial charge in [-0.05, 0) is 40.7 Å². The maximum atomic E-state index is 6.02. The van der Waals surface area contributed by atoms with Crippen molar-refractivity contribution in [1.29, 1.82) is 0 Å². The zero-order chi connectivity index (χ0) is 18.4. The number of aryl methyl sites for hydroxylation is 2. The molecule has 2 N–H and O–H groups in total. The van der Waals surface area contributed by atoms with Crippen LogP contribution in [0.1, 0.15) is 43.7 Å². The molecule has 0 radical (unpaired) electrons. The van der Waals surface area contributed by atoms with Crippen LogP contribution in [-0.4, -0.2) is 23.6 Å². The molecular formula is C19H28N4O2. The second kappa shape index (κ2) is 8.05. The predicted molar refractivity (Wildman–Crippen MR) is 99.8 cm³/mol. The van der Waals surface area contributed by atoms with Crippen LogP contribution in [0.4, 0.5) is 0 Å². The van der Waals surface area contributed by atoms with Gasteiger partial charge in [-0.1, -0.05) is 18.2 Å². The summed E-state index contributed by atoms with van der Waals surface area (Å²) in [4.78, 5) is 8.59. The summed E-state index contributed by atoms with van der Waals surface area (Å²) < 4.78 is 11.6. The van der Waals surface area contributed by atoms with E-state index in [0.29, 0.717) is 24.9 Å². The highest BCUT2D eigenvalue weighted by Crippen LogP contribution is 2.22. The summed E-state index contributed by atoms with van der Waals surface area (Å²) in [5, 5.41) is 6.50. The van der Waals surface area contributed by atoms with Crippen molar-refractivity contribution in [2.45, 2.75) is 53.3 Å². The number of rotatable bonds is 5. The number of guanidine groups is 1. The first-order chi connectivity index (χ1) is 11.8. The number of hydrogen-bond donors (Lipinski definition) is 2. The number of oxazole rings is 1. The smallest absolute Gasteiger partial charge is 0.214 e. The van der Waals surface area contributed by atoms with Crippen LogP contribution in [0.5, 0.6) is 5.75 Å². The van der Waals surface area contributed by atoms with Gasteiger partial charge in [-0.2, -0.15) is 0 Å². The Morgan fingerprint density at radius 1 is 1.16 bits per heavy atom. The normalized spacial score (nSPS) is 12.2. The maximum Gasteiger partial charge on any atom is 0.214 e. The molecule has 0 atom stereocenters. The minimum absolute atomic E-state index is 0.239. The van der Waals surface area contributed by atoms with E-state index in [-0.39, 0.29) is 5.60 Å². The molecule has 1 aromatic heterocycles. The molecule has 0 aliphatic carbocycles. The fraction of sp³-hybridized carbons (Fsp3) is 0.474. The molecule has 0 fully saturated rings. The molecule has 2 rings (SSSR count). The molecule has 6 nitrogen and oxygen atoms in total. The van der Waals surface area contributed by atoms with Crippen LogP contribution >= 0.6 is 0 Å². The Labute approximate surface area is 149 Å². The molecular weight excluding hydrogens is 316 g/mol. The minimum Gasteiger partial charge on any atom is -0.488 e. The molecule has 0 aliphatic rings. The van der Waals surface area contributed by atoms with E-state index >= 15 is 0 Å². The van der Waals surface area contributed by atoms with E-state index in [0.717, 1.165) is 22.8 Å². The van der Waals surface area contributed by atoms with Gasteiger partial charge in [-0.15, -0.1) is 0 Å². The Balaban J connectivity index is 1.95. The van der Waals surface area contributed by atoms with Crippen molar-refractivity contribution in [2.75, 3.05) is 7.05 Å². The zero-order valence-corrected chi connectivity index (χ0v) is 15.9. The molecule has 0 saturated heterocycles. The summed E-state index contributed by atoms with van der Waals surface area (Å²) >= 11 is 0. The fourth-order valence-electron chi connectivity index (χ4n) is 2.25. The van der Waals surface area contributed by atoms with Crippen LogP contribution in [-0.2, 0) is 13.1 Å². The topological polar surface area (TPSA) is 71.7 Å². The molecule has 1 heterocycles. The lowest BCUT2D eigenvalue weighted by Gasteiger charge is -2.23. The van der Waals surface area contributed by atoms with Crippen molar-refractivity contribution in [3.05, 3.63) is 47.2 Å². The Kier molecular flexibility index (Phi) is 6.07. The third-order valence-electron chi connectivity index (χ3n) is 3.54. The van der Waals surface area contributed by atoms with Crippen LogP contribution in [0.3, 0.4) is 0 Å². The molecule has 0 saturated carbocycles. The molecule has 0 spiro atoms. The van der Waals surface area contributed by atoms with E-state index in [2.05, 4.69) is 20.6 Å². The van der Waals surface area contributed by atoms with E-state index in [1.54, 1.807) is 7.05 Å². The summed E-state index contributed by atoms with van der Waals surface area (Å²) in [5.74, 6) is 3.04. The van der Waals surface area contributed by atoms with Gasteiger partial charge < -0.3 is 19.8 Å². The molecule has 0 unspecified atom stereocenters. The Morgan fingerprint density at radius 3 is 2.44 bits per heavy atom. The van der Waals surface area contributed by atoms with E-state index in [1.165, 1.54) is 0 Å². The van der Waals surface area contributed by atoms with Crippen molar-refractivity contribution in [2.24, 2.45) is 4.99 Å². The first kappa shape index (κ1) is 18.8. The number of hydrogen-bond acceptors (Lipinski definition) is 4. The maximum absolute atomic E-state index is 6.02. The highest BCUT2D eigenvalue weighted by molar-refractivity contribution is 5.79. The monoisotopic (exact) mass is 344 g/mol. The lowest BCUT2D eigenvalue weighted by molar-refractivity contribution is 0.129. The number of nitrogens with one attached hydrogen (secondary N) is 2. The standard InChI is InChI=1S/C19H28N4O2/c1-13-14(2)24-17(23-13)12-22-18(20-6)21-11-15-9-7-8-10-16(15)25-19(3,4)5/h7-10H,11-12H2,1-6H3,(H2,20,21,22). The Hall–Kier alpha value is -2.50. The molecule has 1 aromatic carbocycles. The molecule has 2 aromatic rings. The first-order valence-corrected chi connectivity index (χ1v) is 8.43. The largest absolute Gasteiger partial charge is 0.488 e.